The molecule has 4 aromatic rings. The van der Waals surface area contributed by atoms with Crippen molar-refractivity contribution in [2.24, 2.45) is 0 Å². The van der Waals surface area contributed by atoms with E-state index in [4.69, 9.17) is 0 Å². The predicted octanol–water partition coefficient (Wildman–Crippen LogP) is 4.04. The van der Waals surface area contributed by atoms with Crippen molar-refractivity contribution in [3.63, 3.8) is 0 Å². The van der Waals surface area contributed by atoms with Crippen molar-refractivity contribution in [2.75, 3.05) is 23.3 Å². The van der Waals surface area contributed by atoms with Gasteiger partial charge in [-0.1, -0.05) is 24.3 Å². The molecule has 0 amide bonds. The lowest BCUT2D eigenvalue weighted by Gasteiger charge is -2.18. The second-order valence-corrected chi connectivity index (χ2v) is 7.38. The van der Waals surface area contributed by atoms with Crippen LogP contribution in [0.15, 0.2) is 71.7 Å². The van der Waals surface area contributed by atoms with Crippen molar-refractivity contribution < 1.29 is 5.21 Å². The SMILES string of the molecule is O=c1nc(Nc2ccc(-c3cccc(N4CCCC4)c3)cc2)c2cccnc2n1O. The van der Waals surface area contributed by atoms with Gasteiger partial charge in [-0.2, -0.15) is 4.98 Å². The highest BCUT2D eigenvalue weighted by atomic mass is 16.5. The van der Waals surface area contributed by atoms with Crippen LogP contribution in [0, 0.1) is 0 Å². The van der Waals surface area contributed by atoms with E-state index in [-0.39, 0.29) is 5.65 Å². The van der Waals surface area contributed by atoms with Crippen LogP contribution in [0.2, 0.25) is 0 Å². The van der Waals surface area contributed by atoms with E-state index in [0.717, 1.165) is 24.3 Å². The van der Waals surface area contributed by atoms with Gasteiger partial charge in [-0.05, 0) is 60.4 Å². The zero-order chi connectivity index (χ0) is 20.5. The van der Waals surface area contributed by atoms with Crippen LogP contribution in [0.5, 0.6) is 0 Å². The summed E-state index contributed by atoms with van der Waals surface area (Å²) in [6.07, 6.45) is 4.02. The maximum Gasteiger partial charge on any atom is 0.384 e. The molecule has 30 heavy (non-hydrogen) atoms. The quantitative estimate of drug-likeness (QED) is 0.504. The Balaban J connectivity index is 1.43. The first kappa shape index (κ1) is 18.2. The second kappa shape index (κ2) is 7.51. The van der Waals surface area contributed by atoms with Gasteiger partial charge < -0.3 is 15.4 Å². The van der Waals surface area contributed by atoms with Crippen LogP contribution in [0.1, 0.15) is 12.8 Å². The first-order valence-electron chi connectivity index (χ1n) is 9.98. The Hall–Kier alpha value is -3.87. The van der Waals surface area contributed by atoms with Gasteiger partial charge in [-0.15, -0.1) is 4.73 Å². The van der Waals surface area contributed by atoms with Gasteiger partial charge in [0.05, 0.1) is 5.39 Å². The minimum atomic E-state index is -0.779. The first-order chi connectivity index (χ1) is 14.7. The number of rotatable bonds is 4. The van der Waals surface area contributed by atoms with E-state index in [0.29, 0.717) is 15.9 Å². The molecule has 7 heteroatoms. The average molecular weight is 399 g/mol. The molecule has 1 aliphatic rings. The number of pyridine rings is 1. The Morgan fingerprint density at radius 1 is 0.933 bits per heavy atom. The molecule has 3 heterocycles. The molecule has 1 saturated heterocycles. The van der Waals surface area contributed by atoms with Gasteiger partial charge in [-0.3, -0.25) is 0 Å². The summed E-state index contributed by atoms with van der Waals surface area (Å²) in [6.45, 7) is 2.24. The van der Waals surface area contributed by atoms with Gasteiger partial charge in [0.2, 0.25) is 0 Å². The molecule has 1 fully saturated rings. The highest BCUT2D eigenvalue weighted by molar-refractivity contribution is 5.88. The van der Waals surface area contributed by atoms with Crippen molar-refractivity contribution in [2.45, 2.75) is 12.8 Å². The molecule has 2 aromatic heterocycles. The van der Waals surface area contributed by atoms with Crippen molar-refractivity contribution in [1.29, 1.82) is 0 Å². The smallest absolute Gasteiger partial charge is 0.384 e. The van der Waals surface area contributed by atoms with Gasteiger partial charge in [0.15, 0.2) is 5.65 Å². The van der Waals surface area contributed by atoms with E-state index < -0.39 is 5.69 Å². The van der Waals surface area contributed by atoms with Crippen molar-refractivity contribution >= 4 is 28.2 Å². The molecule has 0 aliphatic carbocycles. The van der Waals surface area contributed by atoms with Crippen LogP contribution in [0.4, 0.5) is 17.2 Å². The summed E-state index contributed by atoms with van der Waals surface area (Å²) in [6, 6.07) is 20.1. The fourth-order valence-corrected chi connectivity index (χ4v) is 3.88. The molecule has 0 atom stereocenters. The molecule has 150 valence electrons. The summed E-state index contributed by atoms with van der Waals surface area (Å²) in [5.41, 5.74) is 3.73. The Morgan fingerprint density at radius 2 is 1.73 bits per heavy atom. The van der Waals surface area contributed by atoms with Crippen LogP contribution < -0.4 is 15.9 Å². The van der Waals surface area contributed by atoms with Gasteiger partial charge in [0.1, 0.15) is 5.82 Å². The van der Waals surface area contributed by atoms with Crippen molar-refractivity contribution in [3.05, 3.63) is 77.3 Å². The fraction of sp³-hybridized carbons (Fsp3) is 0.174. The van der Waals surface area contributed by atoms with Gasteiger partial charge in [-0.25, -0.2) is 9.78 Å². The summed E-state index contributed by atoms with van der Waals surface area (Å²) < 4.78 is 0.455. The summed E-state index contributed by atoms with van der Waals surface area (Å²) in [4.78, 5) is 22.4. The van der Waals surface area contributed by atoms with Crippen LogP contribution in [0.25, 0.3) is 22.2 Å². The highest BCUT2D eigenvalue weighted by Crippen LogP contribution is 2.29. The molecule has 0 spiro atoms. The Morgan fingerprint density at radius 3 is 2.53 bits per heavy atom. The molecule has 0 bridgehead atoms. The fourth-order valence-electron chi connectivity index (χ4n) is 3.88. The molecule has 1 aliphatic heterocycles. The lowest BCUT2D eigenvalue weighted by Crippen LogP contribution is -2.23. The summed E-state index contributed by atoms with van der Waals surface area (Å²) in [5.74, 6) is 0.359. The van der Waals surface area contributed by atoms with E-state index in [1.165, 1.54) is 30.3 Å². The van der Waals surface area contributed by atoms with Crippen molar-refractivity contribution in [3.8, 4) is 11.1 Å². The molecule has 7 nitrogen and oxygen atoms in total. The monoisotopic (exact) mass is 399 g/mol. The lowest BCUT2D eigenvalue weighted by atomic mass is 10.0. The van der Waals surface area contributed by atoms with Crippen LogP contribution >= 0.6 is 0 Å². The average Bonchev–Trinajstić information content (AvgIpc) is 3.33. The summed E-state index contributed by atoms with van der Waals surface area (Å²) in [7, 11) is 0. The first-order valence-corrected chi connectivity index (χ1v) is 9.98. The van der Waals surface area contributed by atoms with E-state index in [1.54, 1.807) is 12.1 Å². The zero-order valence-corrected chi connectivity index (χ0v) is 16.3. The zero-order valence-electron chi connectivity index (χ0n) is 16.3. The van der Waals surface area contributed by atoms with E-state index >= 15 is 0 Å². The summed E-state index contributed by atoms with van der Waals surface area (Å²) in [5, 5.41) is 13.6. The van der Waals surface area contributed by atoms with Crippen LogP contribution in [-0.2, 0) is 0 Å². The maximum absolute atomic E-state index is 11.9. The van der Waals surface area contributed by atoms with Gasteiger partial charge >= 0.3 is 5.69 Å². The molecular weight excluding hydrogens is 378 g/mol. The number of fused-ring (bicyclic) bond motifs is 1. The predicted molar refractivity (Wildman–Crippen MR) is 118 cm³/mol. The Bertz CT molecular complexity index is 1260. The third-order valence-electron chi connectivity index (χ3n) is 5.43. The largest absolute Gasteiger partial charge is 0.422 e. The number of nitrogens with one attached hydrogen (secondary N) is 1. The van der Waals surface area contributed by atoms with Crippen LogP contribution in [0.3, 0.4) is 0 Å². The Kier molecular flexibility index (Phi) is 4.55. The standard InChI is InChI=1S/C23H21N5O2/c29-23-26-21(20-7-4-12-24-22(20)28(23)30)25-18-10-8-16(9-11-18)17-5-3-6-19(15-17)27-13-1-2-14-27/h3-12,15,30H,1-2,13-14H2,(H,25,26,29). The number of benzene rings is 2. The molecule has 2 N–H and O–H groups in total. The third-order valence-corrected chi connectivity index (χ3v) is 5.43. The van der Waals surface area contributed by atoms with E-state index in [1.807, 2.05) is 24.3 Å². The second-order valence-electron chi connectivity index (χ2n) is 7.38. The van der Waals surface area contributed by atoms with Gasteiger partial charge in [0.25, 0.3) is 0 Å². The molecule has 2 aromatic carbocycles. The Labute approximate surface area is 173 Å². The van der Waals surface area contributed by atoms with E-state index in [9.17, 15) is 10.0 Å². The number of hydrogen-bond acceptors (Lipinski definition) is 6. The van der Waals surface area contributed by atoms with Crippen molar-refractivity contribution in [1.82, 2.24) is 14.7 Å². The lowest BCUT2D eigenvalue weighted by molar-refractivity contribution is 0.182. The minimum Gasteiger partial charge on any atom is -0.422 e. The maximum atomic E-state index is 11.9. The normalized spacial score (nSPS) is 13.7. The summed E-state index contributed by atoms with van der Waals surface area (Å²) >= 11 is 0. The molecule has 5 rings (SSSR count). The molecule has 0 saturated carbocycles. The molecule has 0 radical (unpaired) electrons. The number of anilines is 3. The number of hydrogen-bond donors (Lipinski definition) is 2. The molecular formula is C23H21N5O2. The third kappa shape index (κ3) is 3.34. The number of aromatic nitrogens is 3. The van der Waals surface area contributed by atoms with Gasteiger partial charge in [0, 0.05) is 30.7 Å². The minimum absolute atomic E-state index is 0.162. The van der Waals surface area contributed by atoms with Crippen LogP contribution in [-0.4, -0.2) is 33.0 Å². The topological polar surface area (TPSA) is 83.3 Å². The highest BCUT2D eigenvalue weighted by Gasteiger charge is 2.13. The van der Waals surface area contributed by atoms with E-state index in [2.05, 4.69) is 44.5 Å². The number of nitrogens with zero attached hydrogens (tertiary/aromatic N) is 4. The molecule has 0 unspecified atom stereocenters.